The predicted molar refractivity (Wildman–Crippen MR) is 284 cm³/mol. The first-order valence-corrected chi connectivity index (χ1v) is 28.2. The van der Waals surface area contributed by atoms with Gasteiger partial charge in [-0.1, -0.05) is 32.9 Å². The van der Waals surface area contributed by atoms with E-state index in [0.717, 1.165) is 0 Å². The van der Waals surface area contributed by atoms with Crippen LogP contribution in [-0.4, -0.2) is 175 Å². The van der Waals surface area contributed by atoms with Gasteiger partial charge in [0.25, 0.3) is 10.0 Å². The van der Waals surface area contributed by atoms with Crippen molar-refractivity contribution in [2.24, 2.45) is 23.7 Å². The number of aliphatic hydroxyl groups excluding tert-OH is 2. The fourth-order valence-corrected chi connectivity index (χ4v) is 11.6. The van der Waals surface area contributed by atoms with Crippen LogP contribution in [0.25, 0.3) is 0 Å². The molecule has 78 heavy (non-hydrogen) atoms. The molecule has 5 rings (SSSR count). The third kappa shape index (κ3) is 16.2. The molecular formula is C54H88N4O19S. The van der Waals surface area contributed by atoms with E-state index >= 15 is 0 Å². The number of cyclic esters (lactones) is 1. The van der Waals surface area contributed by atoms with E-state index < -0.39 is 142 Å². The second kappa shape index (κ2) is 27.4. The summed E-state index contributed by atoms with van der Waals surface area (Å²) >= 11 is 0. The number of carbonyl (C=O) groups is 4. The number of anilines is 2. The van der Waals surface area contributed by atoms with Gasteiger partial charge in [0.1, 0.15) is 23.6 Å². The van der Waals surface area contributed by atoms with Crippen molar-refractivity contribution < 1.29 is 90.4 Å². The zero-order chi connectivity index (χ0) is 59.0. The first-order chi connectivity index (χ1) is 36.1. The number of aromatic nitrogens is 1. The van der Waals surface area contributed by atoms with Gasteiger partial charge in [-0.3, -0.25) is 19.2 Å². The summed E-state index contributed by atoms with van der Waals surface area (Å²) in [6, 6.07) is 5.45. The van der Waals surface area contributed by atoms with E-state index in [2.05, 4.69) is 9.88 Å². The van der Waals surface area contributed by atoms with Crippen LogP contribution >= 0.6 is 0 Å². The van der Waals surface area contributed by atoms with Crippen molar-refractivity contribution in [3.8, 4) is 0 Å². The number of likely N-dealkylation sites (N-methyl/N-ethyl adjacent to an activating group) is 1. The van der Waals surface area contributed by atoms with Crippen molar-refractivity contribution in [3.63, 3.8) is 0 Å². The maximum atomic E-state index is 14.3. The molecular weight excluding hydrogens is 1040 g/mol. The molecule has 0 spiro atoms. The molecule has 0 aliphatic carbocycles. The maximum absolute atomic E-state index is 14.3. The molecule has 18 atom stereocenters. The first kappa shape index (κ1) is 66.2. The van der Waals surface area contributed by atoms with E-state index in [9.17, 15) is 48.0 Å². The number of aryl methyl sites for hydroxylation is 1. The Morgan fingerprint density at radius 2 is 1.50 bits per heavy atom. The SMILES string of the molecule is CCOC(=O)CCC(=O)O[C@H]1[C@H](O[C@@H]2[C@@H](C)[C@H](O[C@H]3C[C@@](C)(OC)[C@@H](O)[C@H](C)O3)[C@@H](C)C(=O)O[C@H](CC)[C@@](C)(O)[C@H](O)[C@@H](C)C(=O)[C@H](C)C[C@@]2(C)O)O[C@H](C)C[C@@H]1N(C)C.Cc1noc(NS(=O)(=O)c2ccc(N)cc2)c1C. The number of ether oxygens (including phenoxy) is 8. The minimum absolute atomic E-state index is 0.0431. The Labute approximate surface area is 459 Å². The normalized spacial score (nSPS) is 36.3. The standard InChI is InChI=1S/C43H75NO16.C11H13N3O3S/c1-15-29-43(11,52)36(48)24(5)33(47)22(3)20-41(9,51)38(25(6)34(26(7)39(50)57-29)59-32-21-42(10,53-14)37(49)27(8)56-32)60-40-35(28(44(12)13)19-23(4)55-40)58-31(46)18-17-30(45)54-16-2;1-7-8(2)13-17-11(7)14-18(15,16)10-5-3-9(12)4-6-10/h22-29,32,34-38,40,48-49,51-52H,15-21H2,1-14H3;3-6,14H,12H2,1-2H3/t22-,23-,24+,25+,26-,27+,28+,29-,32+,34+,35-,36-,37+,38-,40+,41-,42-,43-;/m1./s1. The monoisotopic (exact) mass is 1130 g/mol. The Bertz CT molecular complexity index is 2420. The van der Waals surface area contributed by atoms with Gasteiger partial charge in [0.05, 0.1) is 83.7 Å². The molecule has 2 aromatic rings. The fourth-order valence-electron chi connectivity index (χ4n) is 10.5. The number of nitrogens with two attached hydrogens (primary N) is 1. The second-order valence-corrected chi connectivity index (χ2v) is 23.8. The Morgan fingerprint density at radius 3 is 2.05 bits per heavy atom. The number of ketones is 1. The van der Waals surface area contributed by atoms with Crippen molar-refractivity contribution in [1.29, 1.82) is 0 Å². The summed E-state index contributed by atoms with van der Waals surface area (Å²) in [6.07, 6.45) is -11.1. The molecule has 7 N–H and O–H groups in total. The van der Waals surface area contributed by atoms with Crippen LogP contribution in [0.2, 0.25) is 0 Å². The lowest BCUT2D eigenvalue weighted by atomic mass is 9.74. The Balaban J connectivity index is 0.000000609. The number of nitrogen functional groups attached to an aromatic ring is 1. The van der Waals surface area contributed by atoms with Crippen LogP contribution in [0.15, 0.2) is 33.7 Å². The molecule has 0 radical (unpaired) electrons. The van der Waals surface area contributed by atoms with Crippen molar-refractivity contribution >= 4 is 45.3 Å². The number of esters is 3. The van der Waals surface area contributed by atoms with Crippen LogP contribution < -0.4 is 10.5 Å². The van der Waals surface area contributed by atoms with Crippen LogP contribution in [0.1, 0.15) is 126 Å². The number of hydrogen-bond acceptors (Lipinski definition) is 22. The summed E-state index contributed by atoms with van der Waals surface area (Å²) in [4.78, 5) is 55.7. The highest BCUT2D eigenvalue weighted by atomic mass is 32.2. The van der Waals surface area contributed by atoms with E-state index in [1.807, 2.05) is 25.9 Å². The average molecular weight is 1130 g/mol. The molecule has 0 amide bonds. The highest BCUT2D eigenvalue weighted by molar-refractivity contribution is 7.92. The van der Waals surface area contributed by atoms with Crippen molar-refractivity contribution in [2.45, 2.75) is 218 Å². The highest BCUT2D eigenvalue weighted by Crippen LogP contribution is 2.41. The van der Waals surface area contributed by atoms with Gasteiger partial charge in [-0.25, -0.2) is 13.1 Å². The van der Waals surface area contributed by atoms with Crippen LogP contribution in [-0.2, 0) is 67.1 Å². The van der Waals surface area contributed by atoms with Crippen molar-refractivity contribution in [3.05, 3.63) is 35.5 Å². The van der Waals surface area contributed by atoms with E-state index in [1.165, 1.54) is 52.1 Å². The van der Waals surface area contributed by atoms with Gasteiger partial charge in [0.2, 0.25) is 5.88 Å². The molecule has 1 aromatic heterocycles. The highest BCUT2D eigenvalue weighted by Gasteiger charge is 2.54. The van der Waals surface area contributed by atoms with E-state index in [1.54, 1.807) is 62.3 Å². The number of sulfonamides is 1. The van der Waals surface area contributed by atoms with Gasteiger partial charge in [0.15, 0.2) is 18.7 Å². The lowest BCUT2D eigenvalue weighted by Gasteiger charge is -2.49. The number of Topliss-reactive ketones (excluding diaryl/α,β-unsaturated/α-hetero) is 1. The number of hydrogen-bond donors (Lipinski definition) is 6. The maximum Gasteiger partial charge on any atom is 0.311 e. The summed E-state index contributed by atoms with van der Waals surface area (Å²) in [6.45, 7) is 21.4. The number of aliphatic hydroxyl groups is 4. The minimum Gasteiger partial charge on any atom is -0.466 e. The van der Waals surface area contributed by atoms with Gasteiger partial charge in [-0.05, 0) is 120 Å². The summed E-state index contributed by atoms with van der Waals surface area (Å²) in [5.74, 6) is -6.52. The smallest absolute Gasteiger partial charge is 0.311 e. The summed E-state index contributed by atoms with van der Waals surface area (Å²) in [7, 11) is 1.42. The Kier molecular flexibility index (Phi) is 23.3. The molecule has 444 valence electrons. The topological polar surface area (TPSA) is 324 Å². The van der Waals surface area contributed by atoms with E-state index in [4.69, 9.17) is 48.2 Å². The van der Waals surface area contributed by atoms with Crippen LogP contribution in [0.5, 0.6) is 0 Å². The molecule has 3 saturated heterocycles. The van der Waals surface area contributed by atoms with Gasteiger partial charge in [0, 0.05) is 42.5 Å². The molecule has 0 bridgehead atoms. The third-order valence-electron chi connectivity index (χ3n) is 15.5. The number of carbonyl (C=O) groups excluding carboxylic acids is 4. The van der Waals surface area contributed by atoms with E-state index in [0.29, 0.717) is 23.4 Å². The summed E-state index contributed by atoms with van der Waals surface area (Å²) in [5.41, 5.74) is 2.26. The molecule has 1 aromatic carbocycles. The Morgan fingerprint density at radius 1 is 0.885 bits per heavy atom. The molecule has 4 heterocycles. The fraction of sp³-hybridized carbons (Fsp3) is 0.759. The molecule has 24 heteroatoms. The lowest BCUT2D eigenvalue weighted by Crippen LogP contribution is -2.61. The predicted octanol–water partition coefficient (Wildman–Crippen LogP) is 4.35. The molecule has 23 nitrogen and oxygen atoms in total. The second-order valence-electron chi connectivity index (χ2n) is 22.1. The number of benzene rings is 1. The zero-order valence-corrected chi connectivity index (χ0v) is 49.0. The average Bonchev–Trinajstić information content (AvgIpc) is 3.69. The van der Waals surface area contributed by atoms with Gasteiger partial charge < -0.3 is 73.5 Å². The van der Waals surface area contributed by atoms with E-state index in [-0.39, 0.29) is 49.5 Å². The van der Waals surface area contributed by atoms with Crippen molar-refractivity contribution in [1.82, 2.24) is 10.1 Å². The molecule has 3 fully saturated rings. The number of rotatable bonds is 15. The first-order valence-electron chi connectivity index (χ1n) is 26.7. The van der Waals surface area contributed by atoms with Crippen molar-refractivity contribution in [2.75, 3.05) is 38.3 Å². The number of methoxy groups -OCH3 is 1. The van der Waals surface area contributed by atoms with Gasteiger partial charge in [-0.2, -0.15) is 0 Å². The summed E-state index contributed by atoms with van der Waals surface area (Å²) in [5, 5.41) is 50.5. The van der Waals surface area contributed by atoms with Crippen LogP contribution in [0.3, 0.4) is 0 Å². The van der Waals surface area contributed by atoms with Crippen LogP contribution in [0, 0.1) is 37.5 Å². The molecule has 0 saturated carbocycles. The van der Waals surface area contributed by atoms with Gasteiger partial charge in [-0.15, -0.1) is 0 Å². The quantitative estimate of drug-likeness (QED) is 0.0820. The van der Waals surface area contributed by atoms with Crippen LogP contribution in [0.4, 0.5) is 11.6 Å². The molecule has 0 unspecified atom stereocenters. The molecule has 3 aliphatic heterocycles. The molecule has 3 aliphatic rings. The summed E-state index contributed by atoms with van der Waals surface area (Å²) < 4.78 is 80.1. The Hall–Kier alpha value is -4.34. The largest absolute Gasteiger partial charge is 0.466 e. The zero-order valence-electron chi connectivity index (χ0n) is 48.2. The number of nitrogens with one attached hydrogen (secondary N) is 1. The third-order valence-corrected chi connectivity index (χ3v) is 16.8. The lowest BCUT2D eigenvalue weighted by molar-refractivity contribution is -0.319. The number of nitrogens with zero attached hydrogens (tertiary/aromatic N) is 2. The van der Waals surface area contributed by atoms with Gasteiger partial charge >= 0.3 is 17.9 Å². The minimum atomic E-state index is -3.68.